The first-order valence-corrected chi connectivity index (χ1v) is 7.32. The summed E-state index contributed by atoms with van der Waals surface area (Å²) in [4.78, 5) is 23.5. The molecule has 1 N–H and O–H groups in total. The van der Waals surface area contributed by atoms with Crippen LogP contribution in [0, 0.1) is 11.3 Å². The van der Waals surface area contributed by atoms with E-state index in [-0.39, 0.29) is 25.2 Å². The lowest BCUT2D eigenvalue weighted by Gasteiger charge is -2.21. The Hall–Kier alpha value is -1.10. The van der Waals surface area contributed by atoms with E-state index in [0.717, 1.165) is 19.3 Å². The van der Waals surface area contributed by atoms with Crippen molar-refractivity contribution in [2.24, 2.45) is 11.3 Å². The number of esters is 2. The van der Waals surface area contributed by atoms with Gasteiger partial charge in [0.25, 0.3) is 0 Å². The number of aliphatic hydroxyl groups is 1. The van der Waals surface area contributed by atoms with Gasteiger partial charge < -0.3 is 14.6 Å². The molecule has 0 aliphatic carbocycles. The highest BCUT2D eigenvalue weighted by Gasteiger charge is 2.29. The molecule has 0 spiro atoms. The lowest BCUT2D eigenvalue weighted by atomic mass is 9.87. The van der Waals surface area contributed by atoms with Crippen molar-refractivity contribution < 1.29 is 24.2 Å². The maximum absolute atomic E-state index is 11.7. The van der Waals surface area contributed by atoms with Crippen molar-refractivity contribution in [2.75, 3.05) is 19.8 Å². The molecule has 0 unspecified atom stereocenters. The van der Waals surface area contributed by atoms with Crippen LogP contribution in [0.3, 0.4) is 0 Å². The number of rotatable bonds is 10. The lowest BCUT2D eigenvalue weighted by Crippen LogP contribution is -2.28. The number of ether oxygens (including phenoxy) is 2. The zero-order chi connectivity index (χ0) is 15.6. The summed E-state index contributed by atoms with van der Waals surface area (Å²) in [5, 5.41) is 9.17. The monoisotopic (exact) mass is 288 g/mol. The van der Waals surface area contributed by atoms with E-state index in [9.17, 15) is 14.7 Å². The largest absolute Gasteiger partial charge is 0.465 e. The van der Waals surface area contributed by atoms with Gasteiger partial charge in [-0.2, -0.15) is 0 Å². The Morgan fingerprint density at radius 2 is 1.55 bits per heavy atom. The minimum absolute atomic E-state index is 0.122. The van der Waals surface area contributed by atoms with Crippen molar-refractivity contribution in [1.29, 1.82) is 0 Å². The van der Waals surface area contributed by atoms with E-state index in [1.807, 2.05) is 13.8 Å². The third-order valence-corrected chi connectivity index (χ3v) is 3.17. The van der Waals surface area contributed by atoms with E-state index in [1.165, 1.54) is 0 Å². The SMILES string of the molecule is CCOC(=O)C(CCCCC(C)(C)CO)C(=O)OCC. The third-order valence-electron chi connectivity index (χ3n) is 3.17. The Morgan fingerprint density at radius 1 is 1.05 bits per heavy atom. The molecular formula is C15H28O5. The molecule has 118 valence electrons. The summed E-state index contributed by atoms with van der Waals surface area (Å²) in [5.74, 6) is -1.84. The van der Waals surface area contributed by atoms with Crippen molar-refractivity contribution in [2.45, 2.75) is 53.4 Å². The zero-order valence-electron chi connectivity index (χ0n) is 13.1. The topological polar surface area (TPSA) is 72.8 Å². The first kappa shape index (κ1) is 18.9. The van der Waals surface area contributed by atoms with Crippen LogP contribution in [-0.4, -0.2) is 36.9 Å². The fourth-order valence-electron chi connectivity index (χ4n) is 1.85. The van der Waals surface area contributed by atoms with Crippen LogP contribution in [0.25, 0.3) is 0 Å². The van der Waals surface area contributed by atoms with Gasteiger partial charge in [0.15, 0.2) is 5.92 Å². The van der Waals surface area contributed by atoms with Crippen LogP contribution in [0.4, 0.5) is 0 Å². The van der Waals surface area contributed by atoms with E-state index in [4.69, 9.17) is 9.47 Å². The number of hydrogen-bond acceptors (Lipinski definition) is 5. The highest BCUT2D eigenvalue weighted by molar-refractivity contribution is 5.94. The summed E-state index contributed by atoms with van der Waals surface area (Å²) in [7, 11) is 0. The molecule has 0 bridgehead atoms. The molecule has 5 heteroatoms. The van der Waals surface area contributed by atoms with Crippen LogP contribution >= 0.6 is 0 Å². The lowest BCUT2D eigenvalue weighted by molar-refractivity contribution is -0.161. The number of carbonyl (C=O) groups excluding carboxylic acids is 2. The minimum atomic E-state index is -0.827. The van der Waals surface area contributed by atoms with Gasteiger partial charge in [-0.1, -0.05) is 26.7 Å². The molecule has 0 aliphatic rings. The molecule has 0 saturated carbocycles. The van der Waals surface area contributed by atoms with Gasteiger partial charge in [-0.05, 0) is 32.1 Å². The Kier molecular flexibility index (Phi) is 9.21. The molecule has 0 rings (SSSR count). The van der Waals surface area contributed by atoms with E-state index in [2.05, 4.69) is 0 Å². The van der Waals surface area contributed by atoms with Gasteiger partial charge >= 0.3 is 11.9 Å². The van der Waals surface area contributed by atoms with Crippen LogP contribution in [0.5, 0.6) is 0 Å². The van der Waals surface area contributed by atoms with Gasteiger partial charge in [0.1, 0.15) is 0 Å². The molecule has 0 aromatic heterocycles. The number of hydrogen-bond donors (Lipinski definition) is 1. The van der Waals surface area contributed by atoms with Gasteiger partial charge in [0.05, 0.1) is 13.2 Å². The van der Waals surface area contributed by atoms with Gasteiger partial charge in [-0.25, -0.2) is 0 Å². The van der Waals surface area contributed by atoms with Crippen molar-refractivity contribution in [1.82, 2.24) is 0 Å². The van der Waals surface area contributed by atoms with Crippen LogP contribution in [-0.2, 0) is 19.1 Å². The number of aliphatic hydroxyl groups excluding tert-OH is 1. The van der Waals surface area contributed by atoms with E-state index >= 15 is 0 Å². The average Bonchev–Trinajstić information content (AvgIpc) is 2.39. The molecule has 0 saturated heterocycles. The second-order valence-corrected chi connectivity index (χ2v) is 5.62. The van der Waals surface area contributed by atoms with E-state index in [0.29, 0.717) is 6.42 Å². The van der Waals surface area contributed by atoms with Gasteiger partial charge in [0, 0.05) is 6.61 Å². The quantitative estimate of drug-likeness (QED) is 0.379. The van der Waals surface area contributed by atoms with Gasteiger partial charge in [-0.3, -0.25) is 9.59 Å². The predicted octanol–water partition coefficient (Wildman–Crippen LogP) is 2.31. The molecule has 0 radical (unpaired) electrons. The second kappa shape index (κ2) is 9.75. The molecule has 5 nitrogen and oxygen atoms in total. The highest BCUT2D eigenvalue weighted by Crippen LogP contribution is 2.24. The molecule has 0 amide bonds. The predicted molar refractivity (Wildman–Crippen MR) is 76.1 cm³/mol. The first-order valence-electron chi connectivity index (χ1n) is 7.32. The summed E-state index contributed by atoms with van der Waals surface area (Å²) >= 11 is 0. The minimum Gasteiger partial charge on any atom is -0.465 e. The van der Waals surface area contributed by atoms with Crippen LogP contribution in [0.15, 0.2) is 0 Å². The highest BCUT2D eigenvalue weighted by atomic mass is 16.6. The molecule has 0 atom stereocenters. The fraction of sp³-hybridized carbons (Fsp3) is 0.867. The van der Waals surface area contributed by atoms with Crippen molar-refractivity contribution in [3.63, 3.8) is 0 Å². The normalized spacial score (nSPS) is 11.5. The second-order valence-electron chi connectivity index (χ2n) is 5.62. The molecular weight excluding hydrogens is 260 g/mol. The molecule has 0 aromatic carbocycles. The third kappa shape index (κ3) is 7.48. The Labute approximate surface area is 121 Å². The average molecular weight is 288 g/mol. The van der Waals surface area contributed by atoms with Crippen molar-refractivity contribution in [3.05, 3.63) is 0 Å². The first-order chi connectivity index (χ1) is 9.37. The van der Waals surface area contributed by atoms with Crippen molar-refractivity contribution >= 4 is 11.9 Å². The molecule has 0 fully saturated rings. The standard InChI is InChI=1S/C15H28O5/c1-5-19-13(17)12(14(18)20-6-2)9-7-8-10-15(3,4)11-16/h12,16H,5-11H2,1-4H3. The summed E-state index contributed by atoms with van der Waals surface area (Å²) in [6, 6.07) is 0. The Bertz CT molecular complexity index is 281. The van der Waals surface area contributed by atoms with Gasteiger partial charge in [-0.15, -0.1) is 0 Å². The summed E-state index contributed by atoms with van der Waals surface area (Å²) in [6.07, 6.45) is 2.86. The van der Waals surface area contributed by atoms with Crippen LogP contribution < -0.4 is 0 Å². The smallest absolute Gasteiger partial charge is 0.320 e. The number of unbranched alkanes of at least 4 members (excludes halogenated alkanes) is 1. The molecule has 0 aromatic rings. The van der Waals surface area contributed by atoms with Crippen LogP contribution in [0.1, 0.15) is 53.4 Å². The van der Waals surface area contributed by atoms with Gasteiger partial charge in [0.2, 0.25) is 0 Å². The van der Waals surface area contributed by atoms with Crippen LogP contribution in [0.2, 0.25) is 0 Å². The van der Waals surface area contributed by atoms with Crippen molar-refractivity contribution in [3.8, 4) is 0 Å². The zero-order valence-corrected chi connectivity index (χ0v) is 13.1. The van der Waals surface area contributed by atoms with E-state index < -0.39 is 17.9 Å². The maximum atomic E-state index is 11.7. The Balaban J connectivity index is 4.30. The summed E-state index contributed by atoms with van der Waals surface area (Å²) < 4.78 is 9.82. The van der Waals surface area contributed by atoms with E-state index in [1.54, 1.807) is 13.8 Å². The maximum Gasteiger partial charge on any atom is 0.320 e. The molecule has 0 aliphatic heterocycles. The summed E-state index contributed by atoms with van der Waals surface area (Å²) in [6.45, 7) is 8.04. The molecule has 20 heavy (non-hydrogen) atoms. The summed E-state index contributed by atoms with van der Waals surface area (Å²) in [5.41, 5.74) is -0.122. The molecule has 0 heterocycles. The Morgan fingerprint density at radius 3 is 1.95 bits per heavy atom. The fourth-order valence-corrected chi connectivity index (χ4v) is 1.85. The number of carbonyl (C=O) groups is 2.